The van der Waals surface area contributed by atoms with Crippen LogP contribution in [0.2, 0.25) is 0 Å². The van der Waals surface area contributed by atoms with Crippen LogP contribution in [0.4, 0.5) is 28.0 Å². The summed E-state index contributed by atoms with van der Waals surface area (Å²) in [5, 5.41) is 4.51. The van der Waals surface area contributed by atoms with Crippen molar-refractivity contribution in [2.45, 2.75) is 6.18 Å². The predicted octanol–water partition coefficient (Wildman–Crippen LogP) is 3.38. The quantitative estimate of drug-likeness (QED) is 0.464. The SMILES string of the molecule is O=C(CN1C(=O)N/C(=C/c2ccc(F)cc2)C1=O)Nc1cccc(C(F)(F)F)c1. The van der Waals surface area contributed by atoms with E-state index in [9.17, 15) is 31.9 Å². The van der Waals surface area contributed by atoms with Gasteiger partial charge >= 0.3 is 12.2 Å². The molecule has 0 unspecified atom stereocenters. The topological polar surface area (TPSA) is 78.5 Å². The number of imide groups is 1. The van der Waals surface area contributed by atoms with E-state index in [1.807, 2.05) is 0 Å². The van der Waals surface area contributed by atoms with Gasteiger partial charge in [-0.1, -0.05) is 18.2 Å². The van der Waals surface area contributed by atoms with Crippen LogP contribution in [0.15, 0.2) is 54.2 Å². The van der Waals surface area contributed by atoms with E-state index in [-0.39, 0.29) is 11.4 Å². The van der Waals surface area contributed by atoms with Crippen LogP contribution in [0.5, 0.6) is 0 Å². The molecule has 2 aromatic carbocycles. The standard InChI is InChI=1S/C19H13F4N3O3/c20-13-6-4-11(5-7-13)8-15-17(28)26(18(29)25-15)10-16(27)24-14-3-1-2-12(9-14)19(21,22)23/h1-9H,10H2,(H,24,27)(H,25,29)/b15-8+. The van der Waals surface area contributed by atoms with Gasteiger partial charge in [0.2, 0.25) is 5.91 Å². The number of urea groups is 1. The maximum Gasteiger partial charge on any atom is 0.416 e. The van der Waals surface area contributed by atoms with Gasteiger partial charge in [-0.3, -0.25) is 9.59 Å². The van der Waals surface area contributed by atoms with Gasteiger partial charge in [0.15, 0.2) is 0 Å². The maximum absolute atomic E-state index is 12.9. The zero-order chi connectivity index (χ0) is 21.2. The number of alkyl halides is 3. The smallest absolute Gasteiger partial charge is 0.325 e. The van der Waals surface area contributed by atoms with Crippen molar-refractivity contribution in [1.82, 2.24) is 10.2 Å². The van der Waals surface area contributed by atoms with Crippen LogP contribution in [0.3, 0.4) is 0 Å². The lowest BCUT2D eigenvalue weighted by Crippen LogP contribution is -2.38. The number of carbonyl (C=O) groups excluding carboxylic acids is 3. The van der Waals surface area contributed by atoms with Crippen LogP contribution in [-0.4, -0.2) is 29.3 Å². The van der Waals surface area contributed by atoms with Crippen molar-refractivity contribution in [3.05, 3.63) is 71.2 Å². The lowest BCUT2D eigenvalue weighted by Gasteiger charge is -2.13. The highest BCUT2D eigenvalue weighted by atomic mass is 19.4. The summed E-state index contributed by atoms with van der Waals surface area (Å²) in [4.78, 5) is 37.0. The van der Waals surface area contributed by atoms with E-state index in [0.717, 1.165) is 18.2 Å². The second-order valence-corrected chi connectivity index (χ2v) is 6.06. The van der Waals surface area contributed by atoms with Crippen LogP contribution in [0.25, 0.3) is 6.08 Å². The number of carbonyl (C=O) groups is 3. The number of anilines is 1. The molecular formula is C19H13F4N3O3. The second kappa shape index (κ2) is 7.74. The van der Waals surface area contributed by atoms with Gasteiger partial charge in [0.25, 0.3) is 5.91 Å². The van der Waals surface area contributed by atoms with E-state index in [2.05, 4.69) is 10.6 Å². The van der Waals surface area contributed by atoms with E-state index in [1.54, 1.807) is 0 Å². The number of amides is 4. The summed E-state index contributed by atoms with van der Waals surface area (Å²) in [5.41, 5.74) is -0.743. The summed E-state index contributed by atoms with van der Waals surface area (Å²) in [6.45, 7) is -0.693. The van der Waals surface area contributed by atoms with Gasteiger partial charge in [0, 0.05) is 5.69 Å². The number of benzene rings is 2. The van der Waals surface area contributed by atoms with Crippen LogP contribution in [-0.2, 0) is 15.8 Å². The molecule has 0 bridgehead atoms. The molecule has 1 saturated heterocycles. The van der Waals surface area contributed by atoms with Crippen LogP contribution < -0.4 is 10.6 Å². The predicted molar refractivity (Wildman–Crippen MR) is 94.7 cm³/mol. The van der Waals surface area contributed by atoms with Gasteiger partial charge in [0.05, 0.1) is 5.56 Å². The van der Waals surface area contributed by atoms with E-state index in [4.69, 9.17) is 0 Å². The molecule has 0 aromatic heterocycles. The Labute approximate surface area is 161 Å². The van der Waals surface area contributed by atoms with E-state index in [1.165, 1.54) is 36.4 Å². The highest BCUT2D eigenvalue weighted by Crippen LogP contribution is 2.30. The maximum atomic E-state index is 12.9. The number of nitrogens with zero attached hydrogens (tertiary/aromatic N) is 1. The molecule has 0 spiro atoms. The average molecular weight is 407 g/mol. The van der Waals surface area contributed by atoms with Crippen molar-refractivity contribution in [3.8, 4) is 0 Å². The van der Waals surface area contributed by atoms with Gasteiger partial charge in [-0.15, -0.1) is 0 Å². The van der Waals surface area contributed by atoms with E-state index >= 15 is 0 Å². The van der Waals surface area contributed by atoms with Crippen LogP contribution in [0.1, 0.15) is 11.1 Å². The molecule has 1 fully saturated rings. The molecule has 0 aliphatic carbocycles. The van der Waals surface area contributed by atoms with Crippen molar-refractivity contribution < 1.29 is 31.9 Å². The van der Waals surface area contributed by atoms with Crippen molar-refractivity contribution in [1.29, 1.82) is 0 Å². The first-order valence-electron chi connectivity index (χ1n) is 8.21. The minimum Gasteiger partial charge on any atom is -0.325 e. The van der Waals surface area contributed by atoms with Gasteiger partial charge in [-0.2, -0.15) is 13.2 Å². The molecule has 29 heavy (non-hydrogen) atoms. The fraction of sp³-hybridized carbons (Fsp3) is 0.105. The molecule has 10 heteroatoms. The molecular weight excluding hydrogens is 394 g/mol. The molecule has 0 saturated carbocycles. The highest BCUT2D eigenvalue weighted by molar-refractivity contribution is 6.15. The Balaban J connectivity index is 1.68. The summed E-state index contributed by atoms with van der Waals surface area (Å²) in [6, 6.07) is 8.23. The zero-order valence-corrected chi connectivity index (χ0v) is 14.6. The molecule has 0 radical (unpaired) electrons. The summed E-state index contributed by atoms with van der Waals surface area (Å²) in [6.07, 6.45) is -3.27. The molecule has 0 atom stereocenters. The first kappa shape index (κ1) is 20.1. The Morgan fingerprint density at radius 3 is 2.45 bits per heavy atom. The van der Waals surface area contributed by atoms with Crippen molar-refractivity contribution in [2.24, 2.45) is 0 Å². The Bertz CT molecular complexity index is 1000. The van der Waals surface area contributed by atoms with E-state index in [0.29, 0.717) is 10.5 Å². The first-order chi connectivity index (χ1) is 13.6. The fourth-order valence-corrected chi connectivity index (χ4v) is 2.56. The second-order valence-electron chi connectivity index (χ2n) is 6.06. The van der Waals surface area contributed by atoms with Crippen molar-refractivity contribution in [2.75, 3.05) is 11.9 Å². The largest absolute Gasteiger partial charge is 0.416 e. The third kappa shape index (κ3) is 4.78. The van der Waals surface area contributed by atoms with E-state index < -0.39 is 41.9 Å². The lowest BCUT2D eigenvalue weighted by molar-refractivity contribution is -0.137. The van der Waals surface area contributed by atoms with Gasteiger partial charge < -0.3 is 10.6 Å². The minimum atomic E-state index is -4.58. The molecule has 1 aliphatic rings. The fourth-order valence-electron chi connectivity index (χ4n) is 2.56. The number of hydrogen-bond donors (Lipinski definition) is 2. The molecule has 4 amide bonds. The first-order valence-corrected chi connectivity index (χ1v) is 8.21. The molecule has 1 aliphatic heterocycles. The third-order valence-electron chi connectivity index (χ3n) is 3.92. The average Bonchev–Trinajstić information content (AvgIpc) is 2.90. The molecule has 2 aromatic rings. The van der Waals surface area contributed by atoms with Crippen molar-refractivity contribution in [3.63, 3.8) is 0 Å². The van der Waals surface area contributed by atoms with Gasteiger partial charge in [-0.05, 0) is 42.0 Å². The number of hydrogen-bond acceptors (Lipinski definition) is 3. The summed E-state index contributed by atoms with van der Waals surface area (Å²) >= 11 is 0. The Morgan fingerprint density at radius 1 is 1.10 bits per heavy atom. The Hall–Kier alpha value is -3.69. The number of nitrogens with one attached hydrogen (secondary N) is 2. The highest BCUT2D eigenvalue weighted by Gasteiger charge is 2.35. The number of rotatable bonds is 4. The zero-order valence-electron chi connectivity index (χ0n) is 14.6. The Kier molecular flexibility index (Phi) is 5.35. The Morgan fingerprint density at radius 2 is 1.79 bits per heavy atom. The normalized spacial score (nSPS) is 15.6. The van der Waals surface area contributed by atoms with Gasteiger partial charge in [-0.25, -0.2) is 14.1 Å². The molecule has 6 nitrogen and oxygen atoms in total. The van der Waals surface area contributed by atoms with Crippen LogP contribution in [0, 0.1) is 5.82 Å². The minimum absolute atomic E-state index is 0.117. The summed E-state index contributed by atoms with van der Waals surface area (Å²) in [5.74, 6) is -2.11. The molecule has 3 rings (SSSR count). The summed E-state index contributed by atoms with van der Waals surface area (Å²) in [7, 11) is 0. The molecule has 1 heterocycles. The third-order valence-corrected chi connectivity index (χ3v) is 3.92. The lowest BCUT2D eigenvalue weighted by atomic mass is 10.2. The van der Waals surface area contributed by atoms with Gasteiger partial charge in [0.1, 0.15) is 18.1 Å². The number of halogens is 4. The molecule has 150 valence electrons. The van der Waals surface area contributed by atoms with Crippen molar-refractivity contribution >= 4 is 29.6 Å². The molecule has 2 N–H and O–H groups in total. The van der Waals surface area contributed by atoms with Crippen LogP contribution >= 0.6 is 0 Å². The monoisotopic (exact) mass is 407 g/mol. The summed E-state index contributed by atoms with van der Waals surface area (Å²) < 4.78 is 51.1.